The molecule has 0 radical (unpaired) electrons. The van der Waals surface area contributed by atoms with Gasteiger partial charge in [-0.25, -0.2) is 4.79 Å². The predicted octanol–water partition coefficient (Wildman–Crippen LogP) is 3.48. The summed E-state index contributed by atoms with van der Waals surface area (Å²) in [5.41, 5.74) is 0.855. The Morgan fingerprint density at radius 1 is 0.893 bits per heavy atom. The smallest absolute Gasteiger partial charge is 0.339 e. The van der Waals surface area contributed by atoms with Crippen molar-refractivity contribution in [3.8, 4) is 0 Å². The first-order chi connectivity index (χ1) is 13.6. The van der Waals surface area contributed by atoms with E-state index in [-0.39, 0.29) is 5.56 Å². The summed E-state index contributed by atoms with van der Waals surface area (Å²) in [5.74, 6) is -1.19. The molecule has 0 unspecified atom stereocenters. The number of hydrogen-bond acceptors (Lipinski definition) is 4. The summed E-state index contributed by atoms with van der Waals surface area (Å²) in [6.07, 6.45) is 0. The van der Waals surface area contributed by atoms with Gasteiger partial charge >= 0.3 is 5.97 Å². The number of benzene rings is 3. The maximum Gasteiger partial charge on any atom is 0.339 e. The van der Waals surface area contributed by atoms with Crippen LogP contribution < -0.4 is 10.9 Å². The van der Waals surface area contributed by atoms with Crippen molar-refractivity contribution in [3.05, 3.63) is 88.7 Å². The standard InChI is InChI=1S/C22H16N2O4/c25-20-12-18(17-7-3-4-8-19(17)24-20)22(27)28-13-21(26)23-16-10-9-14-5-1-2-6-15(14)11-16/h1-12H,13H2,(H,23,26)(H,24,25). The minimum Gasteiger partial charge on any atom is -0.452 e. The number of carbonyl (C=O) groups excluding carboxylic acids is 2. The Morgan fingerprint density at radius 3 is 2.50 bits per heavy atom. The molecule has 0 fully saturated rings. The van der Waals surface area contributed by atoms with E-state index in [0.29, 0.717) is 16.6 Å². The van der Waals surface area contributed by atoms with E-state index in [9.17, 15) is 14.4 Å². The van der Waals surface area contributed by atoms with Crippen molar-refractivity contribution in [2.45, 2.75) is 0 Å². The minimum atomic E-state index is -0.726. The maximum atomic E-state index is 12.4. The molecule has 0 saturated heterocycles. The number of anilines is 1. The number of amides is 1. The van der Waals surface area contributed by atoms with Gasteiger partial charge in [0.25, 0.3) is 5.91 Å². The number of aromatic nitrogens is 1. The van der Waals surface area contributed by atoms with Crippen LogP contribution in [-0.2, 0) is 9.53 Å². The van der Waals surface area contributed by atoms with Gasteiger partial charge in [-0.15, -0.1) is 0 Å². The van der Waals surface area contributed by atoms with Gasteiger partial charge in [0.05, 0.1) is 5.56 Å². The Hall–Kier alpha value is -3.93. The average molecular weight is 372 g/mol. The monoisotopic (exact) mass is 372 g/mol. The van der Waals surface area contributed by atoms with Gasteiger partial charge in [-0.05, 0) is 29.0 Å². The highest BCUT2D eigenvalue weighted by Gasteiger charge is 2.15. The normalized spacial score (nSPS) is 10.7. The van der Waals surface area contributed by atoms with Gasteiger partial charge < -0.3 is 15.0 Å². The number of ether oxygens (including phenoxy) is 1. The molecule has 4 rings (SSSR count). The fraction of sp³-hybridized carbons (Fsp3) is 0.0455. The van der Waals surface area contributed by atoms with Gasteiger partial charge in [0.15, 0.2) is 6.61 Å². The van der Waals surface area contributed by atoms with E-state index in [2.05, 4.69) is 10.3 Å². The van der Waals surface area contributed by atoms with Crippen molar-refractivity contribution < 1.29 is 14.3 Å². The molecule has 1 amide bonds. The third kappa shape index (κ3) is 3.61. The second kappa shape index (κ2) is 7.36. The largest absolute Gasteiger partial charge is 0.452 e. The molecule has 138 valence electrons. The molecule has 1 heterocycles. The van der Waals surface area contributed by atoms with E-state index < -0.39 is 24.0 Å². The van der Waals surface area contributed by atoms with Crippen molar-refractivity contribution in [1.82, 2.24) is 4.98 Å². The van der Waals surface area contributed by atoms with Gasteiger partial charge in [0.2, 0.25) is 5.56 Å². The van der Waals surface area contributed by atoms with E-state index in [1.54, 1.807) is 30.3 Å². The van der Waals surface area contributed by atoms with Crippen LogP contribution in [0.2, 0.25) is 0 Å². The number of H-pyrrole nitrogens is 1. The molecular formula is C22H16N2O4. The van der Waals surface area contributed by atoms with Crippen LogP contribution in [0.25, 0.3) is 21.7 Å². The van der Waals surface area contributed by atoms with Crippen molar-refractivity contribution in [3.63, 3.8) is 0 Å². The summed E-state index contributed by atoms with van der Waals surface area (Å²) >= 11 is 0. The fourth-order valence-corrected chi connectivity index (χ4v) is 3.05. The lowest BCUT2D eigenvalue weighted by Crippen LogP contribution is -2.21. The fourth-order valence-electron chi connectivity index (χ4n) is 3.05. The summed E-state index contributed by atoms with van der Waals surface area (Å²) in [4.78, 5) is 39.0. The number of rotatable bonds is 4. The molecule has 0 aliphatic heterocycles. The first kappa shape index (κ1) is 17.5. The third-order valence-electron chi connectivity index (χ3n) is 4.34. The van der Waals surface area contributed by atoms with Crippen molar-refractivity contribution in [1.29, 1.82) is 0 Å². The maximum absolute atomic E-state index is 12.4. The topological polar surface area (TPSA) is 88.3 Å². The summed E-state index contributed by atoms with van der Waals surface area (Å²) < 4.78 is 5.11. The van der Waals surface area contributed by atoms with Gasteiger partial charge in [-0.1, -0.05) is 48.5 Å². The van der Waals surface area contributed by atoms with Crippen LogP contribution in [0.15, 0.2) is 77.6 Å². The van der Waals surface area contributed by atoms with Crippen molar-refractivity contribution in [2.75, 3.05) is 11.9 Å². The molecule has 0 aliphatic carbocycles. The second-order valence-electron chi connectivity index (χ2n) is 6.28. The molecule has 0 saturated carbocycles. The molecule has 2 N–H and O–H groups in total. The van der Waals surface area contributed by atoms with Crippen LogP contribution in [0.3, 0.4) is 0 Å². The average Bonchev–Trinajstić information content (AvgIpc) is 2.71. The van der Waals surface area contributed by atoms with Crippen LogP contribution in [0, 0.1) is 0 Å². The Labute approximate surface area is 159 Å². The molecule has 0 aliphatic rings. The van der Waals surface area contributed by atoms with E-state index in [1.807, 2.05) is 36.4 Å². The van der Waals surface area contributed by atoms with Gasteiger partial charge in [0.1, 0.15) is 0 Å². The summed E-state index contributed by atoms with van der Waals surface area (Å²) in [6, 6.07) is 21.4. The van der Waals surface area contributed by atoms with E-state index >= 15 is 0 Å². The molecule has 0 atom stereocenters. The number of para-hydroxylation sites is 1. The van der Waals surface area contributed by atoms with Crippen LogP contribution >= 0.6 is 0 Å². The number of fused-ring (bicyclic) bond motifs is 2. The molecule has 1 aromatic heterocycles. The zero-order valence-electron chi connectivity index (χ0n) is 14.8. The van der Waals surface area contributed by atoms with Gasteiger partial charge in [-0.3, -0.25) is 9.59 Å². The number of nitrogens with one attached hydrogen (secondary N) is 2. The quantitative estimate of drug-likeness (QED) is 0.537. The molecular weight excluding hydrogens is 356 g/mol. The predicted molar refractivity (Wildman–Crippen MR) is 107 cm³/mol. The summed E-state index contributed by atoms with van der Waals surface area (Å²) in [6.45, 7) is -0.452. The minimum absolute atomic E-state index is 0.123. The molecule has 6 nitrogen and oxygen atoms in total. The van der Waals surface area contributed by atoms with Crippen LogP contribution in [0.1, 0.15) is 10.4 Å². The Bertz CT molecular complexity index is 1260. The van der Waals surface area contributed by atoms with Crippen molar-refractivity contribution in [2.24, 2.45) is 0 Å². The van der Waals surface area contributed by atoms with Crippen LogP contribution in [-0.4, -0.2) is 23.5 Å². The Kier molecular flexibility index (Phi) is 4.60. The van der Waals surface area contributed by atoms with E-state index in [1.165, 1.54) is 6.07 Å². The zero-order valence-corrected chi connectivity index (χ0v) is 14.8. The highest BCUT2D eigenvalue weighted by molar-refractivity contribution is 6.04. The number of aromatic amines is 1. The molecule has 3 aromatic carbocycles. The lowest BCUT2D eigenvalue weighted by Gasteiger charge is -2.09. The highest BCUT2D eigenvalue weighted by atomic mass is 16.5. The second-order valence-corrected chi connectivity index (χ2v) is 6.28. The lowest BCUT2D eigenvalue weighted by atomic mass is 10.1. The molecule has 4 aromatic rings. The Morgan fingerprint density at radius 2 is 1.64 bits per heavy atom. The van der Waals surface area contributed by atoms with E-state index in [0.717, 1.165) is 10.8 Å². The van der Waals surface area contributed by atoms with E-state index in [4.69, 9.17) is 4.74 Å². The zero-order chi connectivity index (χ0) is 19.5. The number of esters is 1. The Balaban J connectivity index is 1.46. The number of pyridine rings is 1. The first-order valence-electron chi connectivity index (χ1n) is 8.68. The van der Waals surface area contributed by atoms with Crippen molar-refractivity contribution >= 4 is 39.2 Å². The van der Waals surface area contributed by atoms with Crippen LogP contribution in [0.4, 0.5) is 5.69 Å². The lowest BCUT2D eigenvalue weighted by molar-refractivity contribution is -0.119. The third-order valence-corrected chi connectivity index (χ3v) is 4.34. The SMILES string of the molecule is O=C(COC(=O)c1cc(=O)[nH]c2ccccc12)Nc1ccc2ccccc2c1. The molecule has 28 heavy (non-hydrogen) atoms. The highest BCUT2D eigenvalue weighted by Crippen LogP contribution is 2.19. The summed E-state index contributed by atoms with van der Waals surface area (Å²) in [7, 11) is 0. The summed E-state index contributed by atoms with van der Waals surface area (Å²) in [5, 5.41) is 5.32. The van der Waals surface area contributed by atoms with Gasteiger partial charge in [-0.2, -0.15) is 0 Å². The number of hydrogen-bond donors (Lipinski definition) is 2. The number of carbonyl (C=O) groups is 2. The molecule has 6 heteroatoms. The molecule has 0 bridgehead atoms. The van der Waals surface area contributed by atoms with Gasteiger partial charge in [0, 0.05) is 22.7 Å². The molecule has 0 spiro atoms. The van der Waals surface area contributed by atoms with Crippen LogP contribution in [0.5, 0.6) is 0 Å². The first-order valence-corrected chi connectivity index (χ1v) is 8.68.